The van der Waals surface area contributed by atoms with E-state index in [0.29, 0.717) is 10.8 Å². The van der Waals surface area contributed by atoms with Gasteiger partial charge in [0.1, 0.15) is 0 Å². The van der Waals surface area contributed by atoms with Crippen molar-refractivity contribution in [3.63, 3.8) is 0 Å². The molecule has 0 amide bonds. The van der Waals surface area contributed by atoms with Crippen LogP contribution >= 0.6 is 11.6 Å². The Balaban J connectivity index is 2.55. The zero-order valence-electron chi connectivity index (χ0n) is 5.95. The van der Waals surface area contributed by atoms with Crippen LogP contribution in [0.5, 0.6) is 0 Å². The van der Waals surface area contributed by atoms with Crippen LogP contribution in [0.3, 0.4) is 0 Å². The van der Waals surface area contributed by atoms with E-state index in [1.165, 1.54) is 0 Å². The number of hydrogen-bond donors (Lipinski definition) is 1. The Labute approximate surface area is 73.6 Å². The number of aromatic nitrogens is 4. The number of nitrogens with one attached hydrogen (secondary N) is 1. The maximum absolute atomic E-state index is 5.87. The Morgan fingerprint density at radius 3 is 3.08 bits per heavy atom. The highest BCUT2D eigenvalue weighted by Gasteiger charge is 2.04. The molecule has 0 aliphatic rings. The zero-order chi connectivity index (χ0) is 8.39. The molecular formula is C7H4ClN4. The van der Waals surface area contributed by atoms with E-state index >= 15 is 0 Å². The number of tetrazole rings is 1. The van der Waals surface area contributed by atoms with E-state index < -0.39 is 0 Å². The first-order valence-electron chi connectivity index (χ1n) is 3.27. The quantitative estimate of drug-likeness (QED) is 0.719. The lowest BCUT2D eigenvalue weighted by molar-refractivity contribution is 0.881. The Morgan fingerprint density at radius 1 is 1.50 bits per heavy atom. The molecule has 1 aromatic carbocycles. The van der Waals surface area contributed by atoms with Crippen LogP contribution in [0.4, 0.5) is 0 Å². The first kappa shape index (κ1) is 7.24. The number of nitrogens with zero attached hydrogens (tertiary/aromatic N) is 3. The minimum absolute atomic E-state index is 0.564. The van der Waals surface area contributed by atoms with E-state index in [0.717, 1.165) is 5.56 Å². The predicted octanol–water partition coefficient (Wildman–Crippen LogP) is 1.32. The van der Waals surface area contributed by atoms with Gasteiger partial charge in [0.25, 0.3) is 0 Å². The largest absolute Gasteiger partial charge is 0.239 e. The Bertz CT molecular complexity index is 371. The summed E-state index contributed by atoms with van der Waals surface area (Å²) >= 11 is 5.87. The third kappa shape index (κ3) is 1.16. The molecule has 1 N–H and O–H groups in total. The van der Waals surface area contributed by atoms with Crippen molar-refractivity contribution in [3.05, 3.63) is 29.3 Å². The fourth-order valence-corrected chi connectivity index (χ4v) is 1.09. The second kappa shape index (κ2) is 2.91. The topological polar surface area (TPSA) is 54.5 Å². The lowest BCUT2D eigenvalue weighted by Crippen LogP contribution is -1.81. The van der Waals surface area contributed by atoms with E-state index in [9.17, 15) is 0 Å². The van der Waals surface area contributed by atoms with Crippen molar-refractivity contribution in [3.8, 4) is 11.4 Å². The van der Waals surface area contributed by atoms with E-state index in [4.69, 9.17) is 11.6 Å². The molecule has 0 fully saturated rings. The van der Waals surface area contributed by atoms with Crippen LogP contribution in [0.1, 0.15) is 0 Å². The van der Waals surface area contributed by atoms with Crippen molar-refractivity contribution in [2.45, 2.75) is 0 Å². The third-order valence-electron chi connectivity index (χ3n) is 1.41. The predicted molar refractivity (Wildman–Crippen MR) is 43.5 cm³/mol. The first-order valence-corrected chi connectivity index (χ1v) is 3.65. The van der Waals surface area contributed by atoms with E-state index in [1.807, 2.05) is 0 Å². The summed E-state index contributed by atoms with van der Waals surface area (Å²) in [5.41, 5.74) is 0.778. The van der Waals surface area contributed by atoms with Gasteiger partial charge in [-0.1, -0.05) is 17.7 Å². The van der Waals surface area contributed by atoms with Gasteiger partial charge in [-0.2, -0.15) is 0 Å². The molecule has 0 aliphatic heterocycles. The second-order valence-corrected chi connectivity index (χ2v) is 2.56. The Morgan fingerprint density at radius 2 is 2.42 bits per heavy atom. The standard InChI is InChI=1S/C7H4ClN4/c8-6-4-2-1-3-5(6)7-9-11-12-10-7/h1,3-4H,(H,9,10,11,12). The molecule has 0 bridgehead atoms. The van der Waals surface area contributed by atoms with Crippen LogP contribution in [0.15, 0.2) is 18.2 Å². The van der Waals surface area contributed by atoms with Gasteiger partial charge < -0.3 is 0 Å². The van der Waals surface area contributed by atoms with Crippen LogP contribution in [-0.2, 0) is 0 Å². The van der Waals surface area contributed by atoms with Gasteiger partial charge in [-0.15, -0.1) is 5.10 Å². The lowest BCUT2D eigenvalue weighted by Gasteiger charge is -1.95. The molecule has 4 nitrogen and oxygen atoms in total. The molecule has 1 heterocycles. The molecule has 2 aromatic rings. The van der Waals surface area contributed by atoms with Crippen LogP contribution in [0.25, 0.3) is 11.4 Å². The van der Waals surface area contributed by atoms with Crippen molar-refractivity contribution >= 4 is 11.6 Å². The molecule has 1 aromatic heterocycles. The zero-order valence-corrected chi connectivity index (χ0v) is 6.71. The summed E-state index contributed by atoms with van der Waals surface area (Å²) in [4.78, 5) is 0. The number of H-pyrrole nitrogens is 1. The molecule has 0 atom stereocenters. The number of benzene rings is 1. The number of aromatic amines is 1. The van der Waals surface area contributed by atoms with Crippen LogP contribution < -0.4 is 0 Å². The number of hydrogen-bond acceptors (Lipinski definition) is 3. The molecule has 59 valence electrons. The van der Waals surface area contributed by atoms with Crippen LogP contribution in [0, 0.1) is 6.07 Å². The fourth-order valence-electron chi connectivity index (χ4n) is 0.875. The summed E-state index contributed by atoms with van der Waals surface area (Å²) in [5, 5.41) is 13.8. The van der Waals surface area contributed by atoms with E-state index in [2.05, 4.69) is 26.7 Å². The van der Waals surface area contributed by atoms with Gasteiger partial charge in [0.05, 0.1) is 5.02 Å². The molecule has 0 saturated heterocycles. The summed E-state index contributed by atoms with van der Waals surface area (Å²) in [7, 11) is 0. The van der Waals surface area contributed by atoms with Gasteiger partial charge in [0.15, 0.2) is 5.82 Å². The van der Waals surface area contributed by atoms with Crippen molar-refractivity contribution in [2.24, 2.45) is 0 Å². The van der Waals surface area contributed by atoms with Crippen molar-refractivity contribution in [1.82, 2.24) is 20.6 Å². The summed E-state index contributed by atoms with van der Waals surface area (Å²) in [5.74, 6) is 0.564. The highest BCUT2D eigenvalue weighted by molar-refractivity contribution is 6.33. The molecule has 5 heteroatoms. The molecule has 0 aliphatic carbocycles. The van der Waals surface area contributed by atoms with E-state index in [1.54, 1.807) is 18.2 Å². The van der Waals surface area contributed by atoms with Gasteiger partial charge in [0, 0.05) is 5.56 Å². The molecular weight excluding hydrogens is 176 g/mol. The average molecular weight is 180 g/mol. The lowest BCUT2D eigenvalue weighted by atomic mass is 10.2. The number of halogens is 1. The van der Waals surface area contributed by atoms with Gasteiger partial charge >= 0.3 is 0 Å². The molecule has 0 spiro atoms. The van der Waals surface area contributed by atoms with Gasteiger partial charge in [-0.3, -0.25) is 0 Å². The van der Waals surface area contributed by atoms with Crippen LogP contribution in [-0.4, -0.2) is 20.6 Å². The molecule has 12 heavy (non-hydrogen) atoms. The molecule has 1 radical (unpaired) electrons. The summed E-state index contributed by atoms with van der Waals surface area (Å²) in [6, 6.07) is 8.06. The van der Waals surface area contributed by atoms with Crippen molar-refractivity contribution < 1.29 is 0 Å². The highest BCUT2D eigenvalue weighted by atomic mass is 35.5. The van der Waals surface area contributed by atoms with Gasteiger partial charge in [0.2, 0.25) is 0 Å². The maximum atomic E-state index is 5.87. The Kier molecular flexibility index (Phi) is 1.75. The summed E-state index contributed by atoms with van der Waals surface area (Å²) < 4.78 is 0. The second-order valence-electron chi connectivity index (χ2n) is 2.16. The summed E-state index contributed by atoms with van der Waals surface area (Å²) in [6.07, 6.45) is 0. The third-order valence-corrected chi connectivity index (χ3v) is 1.73. The fraction of sp³-hybridized carbons (Fsp3) is 0. The average Bonchev–Trinajstić information content (AvgIpc) is 2.57. The minimum Gasteiger partial charge on any atom is -0.239 e. The monoisotopic (exact) mass is 179 g/mol. The smallest absolute Gasteiger partial charge is 0.180 e. The first-order chi connectivity index (χ1) is 5.88. The van der Waals surface area contributed by atoms with Gasteiger partial charge in [-0.05, 0) is 28.6 Å². The molecule has 0 unspecified atom stereocenters. The molecule has 2 rings (SSSR count). The van der Waals surface area contributed by atoms with Crippen molar-refractivity contribution in [2.75, 3.05) is 0 Å². The normalized spacial score (nSPS) is 10.1. The van der Waals surface area contributed by atoms with Crippen molar-refractivity contribution in [1.29, 1.82) is 0 Å². The number of rotatable bonds is 1. The Hall–Kier alpha value is -1.42. The minimum atomic E-state index is 0.564. The SMILES string of the molecule is Clc1c[c]ccc1-c1nnn[nH]1. The van der Waals surface area contributed by atoms with Gasteiger partial charge in [-0.25, -0.2) is 5.10 Å². The summed E-state index contributed by atoms with van der Waals surface area (Å²) in [6.45, 7) is 0. The highest BCUT2D eigenvalue weighted by Crippen LogP contribution is 2.22. The van der Waals surface area contributed by atoms with E-state index in [-0.39, 0.29) is 0 Å². The molecule has 0 saturated carbocycles. The van der Waals surface area contributed by atoms with Crippen LogP contribution in [0.2, 0.25) is 5.02 Å². The maximum Gasteiger partial charge on any atom is 0.180 e.